The van der Waals surface area contributed by atoms with Crippen molar-refractivity contribution in [2.45, 2.75) is 32.2 Å². The van der Waals surface area contributed by atoms with E-state index in [2.05, 4.69) is 10.3 Å². The number of nitrogens with zero attached hydrogens (tertiary/aromatic N) is 1. The largest absolute Gasteiger partial charge is 0.480 e. The molecule has 2 rings (SSSR count). The van der Waals surface area contributed by atoms with Crippen molar-refractivity contribution in [2.24, 2.45) is 0 Å². The van der Waals surface area contributed by atoms with Crippen molar-refractivity contribution in [2.75, 3.05) is 0 Å². The van der Waals surface area contributed by atoms with Gasteiger partial charge in [-0.3, -0.25) is 14.6 Å². The van der Waals surface area contributed by atoms with Crippen molar-refractivity contribution in [3.63, 3.8) is 0 Å². The second kappa shape index (κ2) is 7.49. The van der Waals surface area contributed by atoms with Gasteiger partial charge in [0.25, 0.3) is 5.91 Å². The third kappa shape index (κ3) is 4.12. The molecule has 6 heteroatoms. The number of hydrogen-bond donors (Lipinski definition) is 2. The van der Waals surface area contributed by atoms with E-state index < -0.39 is 17.9 Å². The van der Waals surface area contributed by atoms with Crippen molar-refractivity contribution in [3.8, 4) is 0 Å². The minimum atomic E-state index is -1.15. The molecule has 120 valence electrons. The first-order valence-corrected chi connectivity index (χ1v) is 7.42. The normalized spacial score (nSPS) is 11.9. The summed E-state index contributed by atoms with van der Waals surface area (Å²) < 4.78 is 0. The number of carbonyl (C=O) groups excluding carboxylic acids is 2. The van der Waals surface area contributed by atoms with Gasteiger partial charge in [0.15, 0.2) is 0 Å². The van der Waals surface area contributed by atoms with E-state index in [1.54, 1.807) is 31.2 Å². The molecule has 2 N–H and O–H groups in total. The Balaban J connectivity index is 2.17. The third-order valence-corrected chi connectivity index (χ3v) is 3.60. The average Bonchev–Trinajstić information content (AvgIpc) is 2.57. The highest BCUT2D eigenvalue weighted by molar-refractivity contribution is 6.06. The van der Waals surface area contributed by atoms with Crippen molar-refractivity contribution in [3.05, 3.63) is 42.1 Å². The highest BCUT2D eigenvalue weighted by atomic mass is 16.4. The van der Waals surface area contributed by atoms with Crippen LogP contribution in [-0.4, -0.2) is 33.8 Å². The SMILES string of the molecule is CCC(=O)CC[C@@H](NC(=O)c1ccnc2ccccc12)C(=O)O. The zero-order valence-corrected chi connectivity index (χ0v) is 12.8. The Hall–Kier alpha value is -2.76. The summed E-state index contributed by atoms with van der Waals surface area (Å²) in [5, 5.41) is 12.4. The van der Waals surface area contributed by atoms with E-state index in [1.807, 2.05) is 6.07 Å². The van der Waals surface area contributed by atoms with Gasteiger partial charge in [0.2, 0.25) is 0 Å². The van der Waals surface area contributed by atoms with Crippen LogP contribution in [0, 0.1) is 0 Å². The number of rotatable bonds is 7. The van der Waals surface area contributed by atoms with Crippen LogP contribution in [0.25, 0.3) is 10.9 Å². The van der Waals surface area contributed by atoms with Gasteiger partial charge in [-0.2, -0.15) is 0 Å². The van der Waals surface area contributed by atoms with Gasteiger partial charge in [0, 0.05) is 24.4 Å². The van der Waals surface area contributed by atoms with Gasteiger partial charge in [-0.05, 0) is 18.6 Å². The molecule has 6 nitrogen and oxygen atoms in total. The minimum absolute atomic E-state index is 0.0279. The number of nitrogens with one attached hydrogen (secondary N) is 1. The summed E-state index contributed by atoms with van der Waals surface area (Å²) in [5.74, 6) is -1.67. The van der Waals surface area contributed by atoms with Gasteiger partial charge in [0.05, 0.1) is 11.1 Å². The molecule has 1 aromatic carbocycles. The lowest BCUT2D eigenvalue weighted by molar-refractivity contribution is -0.139. The molecule has 0 radical (unpaired) electrons. The smallest absolute Gasteiger partial charge is 0.326 e. The minimum Gasteiger partial charge on any atom is -0.480 e. The molecule has 1 heterocycles. The number of pyridine rings is 1. The lowest BCUT2D eigenvalue weighted by atomic mass is 10.1. The number of aromatic nitrogens is 1. The standard InChI is InChI=1S/C17H18N2O4/c1-2-11(20)7-8-15(17(22)23)19-16(21)13-9-10-18-14-6-4-3-5-12(13)14/h3-6,9-10,15H,2,7-8H2,1H3,(H,19,21)(H,22,23)/t15-/m1/s1. The van der Waals surface area contributed by atoms with Crippen LogP contribution < -0.4 is 5.32 Å². The van der Waals surface area contributed by atoms with Crippen LogP contribution in [0.5, 0.6) is 0 Å². The van der Waals surface area contributed by atoms with E-state index in [0.717, 1.165) is 0 Å². The highest BCUT2D eigenvalue weighted by Crippen LogP contribution is 2.16. The number of hydrogen-bond acceptors (Lipinski definition) is 4. The Bertz CT molecular complexity index is 737. The first-order valence-electron chi connectivity index (χ1n) is 7.42. The number of fused-ring (bicyclic) bond motifs is 1. The molecule has 0 saturated carbocycles. The van der Waals surface area contributed by atoms with Crippen molar-refractivity contribution < 1.29 is 19.5 Å². The molecular weight excluding hydrogens is 296 g/mol. The molecule has 0 fully saturated rings. The first kappa shape index (κ1) is 16.6. The fourth-order valence-corrected chi connectivity index (χ4v) is 2.27. The number of benzene rings is 1. The maximum absolute atomic E-state index is 12.4. The molecule has 0 unspecified atom stereocenters. The van der Waals surface area contributed by atoms with Crippen LogP contribution in [0.15, 0.2) is 36.5 Å². The number of carboxylic acid groups (broad SMARTS) is 1. The molecule has 0 aliphatic carbocycles. The van der Waals surface area contributed by atoms with Gasteiger partial charge in [-0.15, -0.1) is 0 Å². The molecule has 1 atom stereocenters. The van der Waals surface area contributed by atoms with Gasteiger partial charge < -0.3 is 10.4 Å². The zero-order chi connectivity index (χ0) is 16.8. The lowest BCUT2D eigenvalue weighted by Crippen LogP contribution is -2.41. The Morgan fingerprint density at radius 3 is 2.65 bits per heavy atom. The van der Waals surface area contributed by atoms with E-state index in [0.29, 0.717) is 22.9 Å². The van der Waals surface area contributed by atoms with E-state index in [4.69, 9.17) is 0 Å². The summed E-state index contributed by atoms with van der Waals surface area (Å²) in [6.07, 6.45) is 2.07. The third-order valence-electron chi connectivity index (χ3n) is 3.60. The summed E-state index contributed by atoms with van der Waals surface area (Å²) in [5.41, 5.74) is 1.02. The number of carboxylic acids is 1. The fourth-order valence-electron chi connectivity index (χ4n) is 2.27. The molecule has 0 bridgehead atoms. The predicted molar refractivity (Wildman–Crippen MR) is 85.2 cm³/mol. The van der Waals surface area contributed by atoms with Gasteiger partial charge in [0.1, 0.15) is 11.8 Å². The first-order chi connectivity index (χ1) is 11.0. The molecule has 23 heavy (non-hydrogen) atoms. The van der Waals surface area contributed by atoms with Gasteiger partial charge in [-0.25, -0.2) is 4.79 Å². The Morgan fingerprint density at radius 2 is 1.96 bits per heavy atom. The summed E-state index contributed by atoms with van der Waals surface area (Å²) in [7, 11) is 0. The van der Waals surface area contributed by atoms with Crippen LogP contribution in [0.1, 0.15) is 36.5 Å². The predicted octanol–water partition coefficient (Wildman–Crippen LogP) is 2.18. The zero-order valence-electron chi connectivity index (χ0n) is 12.8. The van der Waals surface area contributed by atoms with Crippen LogP contribution >= 0.6 is 0 Å². The van der Waals surface area contributed by atoms with Gasteiger partial charge in [-0.1, -0.05) is 25.1 Å². The molecule has 0 saturated heterocycles. The van der Waals surface area contributed by atoms with Gasteiger partial charge >= 0.3 is 5.97 Å². The van der Waals surface area contributed by atoms with Crippen LogP contribution in [-0.2, 0) is 9.59 Å². The summed E-state index contributed by atoms with van der Waals surface area (Å²) in [6, 6.07) is 7.59. The number of amides is 1. The Kier molecular flexibility index (Phi) is 5.41. The highest BCUT2D eigenvalue weighted by Gasteiger charge is 2.22. The molecule has 0 aliphatic rings. The summed E-state index contributed by atoms with van der Waals surface area (Å²) >= 11 is 0. The molecule has 1 aromatic heterocycles. The number of para-hydroxylation sites is 1. The van der Waals surface area contributed by atoms with Crippen molar-refractivity contribution >= 4 is 28.6 Å². The quantitative estimate of drug-likeness (QED) is 0.816. The molecular formula is C17H18N2O4. The number of Topliss-reactive ketones (excluding diaryl/α,β-unsaturated/α-hetero) is 1. The van der Waals surface area contributed by atoms with E-state index in [-0.39, 0.29) is 18.6 Å². The molecule has 1 amide bonds. The lowest BCUT2D eigenvalue weighted by Gasteiger charge is -2.15. The second-order valence-electron chi connectivity index (χ2n) is 5.17. The summed E-state index contributed by atoms with van der Waals surface area (Å²) in [4.78, 5) is 39.2. The van der Waals surface area contributed by atoms with E-state index in [1.165, 1.54) is 6.20 Å². The fraction of sp³-hybridized carbons (Fsp3) is 0.294. The van der Waals surface area contributed by atoms with Crippen molar-refractivity contribution in [1.82, 2.24) is 10.3 Å². The Morgan fingerprint density at radius 1 is 1.22 bits per heavy atom. The van der Waals surface area contributed by atoms with E-state index in [9.17, 15) is 19.5 Å². The number of aliphatic carboxylic acids is 1. The number of carbonyl (C=O) groups is 3. The summed E-state index contributed by atoms with van der Waals surface area (Å²) in [6.45, 7) is 1.72. The maximum atomic E-state index is 12.4. The van der Waals surface area contributed by atoms with E-state index >= 15 is 0 Å². The number of ketones is 1. The van der Waals surface area contributed by atoms with Crippen LogP contribution in [0.2, 0.25) is 0 Å². The Labute approximate surface area is 133 Å². The van der Waals surface area contributed by atoms with Crippen LogP contribution in [0.3, 0.4) is 0 Å². The molecule has 2 aromatic rings. The topological polar surface area (TPSA) is 96.4 Å². The maximum Gasteiger partial charge on any atom is 0.326 e. The van der Waals surface area contributed by atoms with Crippen LogP contribution in [0.4, 0.5) is 0 Å². The average molecular weight is 314 g/mol. The van der Waals surface area contributed by atoms with Crippen molar-refractivity contribution in [1.29, 1.82) is 0 Å². The molecule has 0 spiro atoms. The monoisotopic (exact) mass is 314 g/mol. The second-order valence-corrected chi connectivity index (χ2v) is 5.17. The molecule has 0 aliphatic heterocycles.